The lowest BCUT2D eigenvalue weighted by molar-refractivity contribution is 0.0652. The summed E-state index contributed by atoms with van der Waals surface area (Å²) in [6.07, 6.45) is 0. The van der Waals surface area contributed by atoms with Crippen LogP contribution >= 0.6 is 22.9 Å². The van der Waals surface area contributed by atoms with E-state index in [9.17, 15) is 8.42 Å². The van der Waals surface area contributed by atoms with Gasteiger partial charge in [0, 0.05) is 13.1 Å². The predicted molar refractivity (Wildman–Crippen MR) is 77.9 cm³/mol. The second-order valence-corrected chi connectivity index (χ2v) is 8.22. The molecule has 0 spiro atoms. The lowest BCUT2D eigenvalue weighted by Crippen LogP contribution is -2.49. The third-order valence-corrected chi connectivity index (χ3v) is 6.64. The van der Waals surface area contributed by atoms with Crippen molar-refractivity contribution in [1.82, 2.24) is 9.21 Å². The van der Waals surface area contributed by atoms with Gasteiger partial charge >= 0.3 is 0 Å². The highest BCUT2D eigenvalue weighted by atomic mass is 35.5. The summed E-state index contributed by atoms with van der Waals surface area (Å²) in [6.45, 7) is 3.39. The smallest absolute Gasteiger partial charge is 0.276 e. The molecule has 0 atom stereocenters. The van der Waals surface area contributed by atoms with E-state index in [4.69, 9.17) is 16.3 Å². The Morgan fingerprint density at radius 2 is 2.00 bits per heavy atom. The van der Waals surface area contributed by atoms with Gasteiger partial charge in [-0.2, -0.15) is 0 Å². The minimum atomic E-state index is -3.56. The van der Waals surface area contributed by atoms with E-state index in [0.29, 0.717) is 49.7 Å². The molecule has 0 saturated carbocycles. The molecule has 2 aliphatic rings. The summed E-state index contributed by atoms with van der Waals surface area (Å²) in [7, 11) is -3.56. The lowest BCUT2D eigenvalue weighted by atomic mass is 10.4. The SMILES string of the molecule is O=S(=O)(c1ccc(Cl)s1)N1CCN=C1N1CCOCC1. The van der Waals surface area contributed by atoms with Crippen LogP contribution in [0.5, 0.6) is 0 Å². The Morgan fingerprint density at radius 3 is 2.65 bits per heavy atom. The maximum atomic E-state index is 12.6. The highest BCUT2D eigenvalue weighted by molar-refractivity contribution is 7.91. The number of sulfonamides is 1. The molecule has 1 saturated heterocycles. The number of hydrogen-bond donors (Lipinski definition) is 0. The predicted octanol–water partition coefficient (Wildman–Crippen LogP) is 1.09. The van der Waals surface area contributed by atoms with Crippen LogP contribution < -0.4 is 0 Å². The summed E-state index contributed by atoms with van der Waals surface area (Å²) >= 11 is 6.90. The molecular formula is C11H14ClN3O3S2. The number of ether oxygens (including phenoxy) is 1. The summed E-state index contributed by atoms with van der Waals surface area (Å²) in [4.78, 5) is 6.31. The molecule has 0 radical (unpaired) electrons. The van der Waals surface area contributed by atoms with E-state index in [1.807, 2.05) is 4.90 Å². The second-order valence-electron chi connectivity index (χ2n) is 4.42. The molecule has 0 bridgehead atoms. The van der Waals surface area contributed by atoms with Crippen molar-refractivity contribution in [2.45, 2.75) is 4.21 Å². The van der Waals surface area contributed by atoms with E-state index in [0.717, 1.165) is 11.3 Å². The van der Waals surface area contributed by atoms with Crippen molar-refractivity contribution < 1.29 is 13.2 Å². The van der Waals surface area contributed by atoms with Crippen LogP contribution in [0.15, 0.2) is 21.3 Å². The van der Waals surface area contributed by atoms with Crippen LogP contribution in [0.25, 0.3) is 0 Å². The number of rotatable bonds is 2. The monoisotopic (exact) mass is 335 g/mol. The first-order chi connectivity index (χ1) is 9.59. The molecule has 0 aliphatic carbocycles. The molecule has 0 aromatic carbocycles. The molecule has 3 rings (SSSR count). The van der Waals surface area contributed by atoms with Gasteiger partial charge in [-0.25, -0.2) is 12.7 Å². The highest BCUT2D eigenvalue weighted by Gasteiger charge is 2.35. The number of morpholine rings is 1. The Morgan fingerprint density at radius 1 is 1.25 bits per heavy atom. The molecule has 3 heterocycles. The van der Waals surface area contributed by atoms with Crippen LogP contribution in [0.2, 0.25) is 4.34 Å². The molecule has 0 N–H and O–H groups in total. The van der Waals surface area contributed by atoms with Gasteiger partial charge in [-0.3, -0.25) is 4.99 Å². The van der Waals surface area contributed by atoms with Gasteiger partial charge in [0.2, 0.25) is 5.96 Å². The van der Waals surface area contributed by atoms with Gasteiger partial charge in [-0.05, 0) is 12.1 Å². The number of halogens is 1. The summed E-state index contributed by atoms with van der Waals surface area (Å²) in [5.41, 5.74) is 0. The van der Waals surface area contributed by atoms with E-state index in [1.54, 1.807) is 6.07 Å². The molecule has 110 valence electrons. The first-order valence-corrected chi connectivity index (χ1v) is 8.88. The maximum absolute atomic E-state index is 12.6. The standard InChI is InChI=1S/C11H14ClN3O3S2/c12-9-1-2-10(19-9)20(16,17)15-4-3-13-11(15)14-5-7-18-8-6-14/h1-2H,3-8H2. The Bertz CT molecular complexity index is 623. The van der Waals surface area contributed by atoms with Crippen molar-refractivity contribution in [3.8, 4) is 0 Å². The number of aliphatic imine (C=N–C) groups is 1. The molecule has 2 aliphatic heterocycles. The van der Waals surface area contributed by atoms with Crippen molar-refractivity contribution in [2.24, 2.45) is 4.99 Å². The maximum Gasteiger partial charge on any atom is 0.276 e. The van der Waals surface area contributed by atoms with Crippen molar-refractivity contribution in [3.05, 3.63) is 16.5 Å². The van der Waals surface area contributed by atoms with Gasteiger partial charge < -0.3 is 9.64 Å². The number of thiophene rings is 1. The van der Waals surface area contributed by atoms with Crippen molar-refractivity contribution in [1.29, 1.82) is 0 Å². The normalized spacial score (nSPS) is 20.4. The first-order valence-electron chi connectivity index (χ1n) is 6.24. The molecule has 1 aromatic heterocycles. The third-order valence-electron chi connectivity index (χ3n) is 3.17. The van der Waals surface area contributed by atoms with Gasteiger partial charge in [0.05, 0.1) is 30.6 Å². The Balaban J connectivity index is 1.87. The largest absolute Gasteiger partial charge is 0.378 e. The van der Waals surface area contributed by atoms with Crippen LogP contribution in [-0.4, -0.2) is 63.0 Å². The van der Waals surface area contributed by atoms with Crippen LogP contribution in [-0.2, 0) is 14.8 Å². The van der Waals surface area contributed by atoms with Crippen molar-refractivity contribution in [3.63, 3.8) is 0 Å². The first kappa shape index (κ1) is 14.1. The quantitative estimate of drug-likeness (QED) is 0.812. The third kappa shape index (κ3) is 2.52. The summed E-state index contributed by atoms with van der Waals surface area (Å²) in [6, 6.07) is 3.14. The van der Waals surface area contributed by atoms with Gasteiger partial charge in [-0.1, -0.05) is 11.6 Å². The van der Waals surface area contributed by atoms with Gasteiger partial charge in [-0.15, -0.1) is 11.3 Å². The fourth-order valence-electron chi connectivity index (χ4n) is 2.21. The fourth-order valence-corrected chi connectivity index (χ4v) is 5.26. The molecular weight excluding hydrogens is 322 g/mol. The average Bonchev–Trinajstić information content (AvgIpc) is 3.08. The molecule has 1 fully saturated rings. The Kier molecular flexibility index (Phi) is 3.89. The van der Waals surface area contributed by atoms with Gasteiger partial charge in [0.25, 0.3) is 10.0 Å². The van der Waals surface area contributed by atoms with Gasteiger partial charge in [0.1, 0.15) is 4.21 Å². The second kappa shape index (κ2) is 5.51. The molecule has 9 heteroatoms. The zero-order valence-electron chi connectivity index (χ0n) is 10.7. The highest BCUT2D eigenvalue weighted by Crippen LogP contribution is 2.29. The van der Waals surface area contributed by atoms with E-state index < -0.39 is 10.0 Å². The molecule has 20 heavy (non-hydrogen) atoms. The minimum Gasteiger partial charge on any atom is -0.378 e. The number of hydrogen-bond acceptors (Lipinski definition) is 6. The fraction of sp³-hybridized carbons (Fsp3) is 0.545. The topological polar surface area (TPSA) is 62.2 Å². The lowest BCUT2D eigenvalue weighted by Gasteiger charge is -2.32. The zero-order chi connectivity index (χ0) is 14.2. The van der Waals surface area contributed by atoms with E-state index in [2.05, 4.69) is 4.99 Å². The van der Waals surface area contributed by atoms with Crippen molar-refractivity contribution >= 4 is 38.9 Å². The van der Waals surface area contributed by atoms with Gasteiger partial charge in [0.15, 0.2) is 0 Å². The summed E-state index contributed by atoms with van der Waals surface area (Å²) in [5.74, 6) is 0.526. The van der Waals surface area contributed by atoms with Crippen LogP contribution in [0.3, 0.4) is 0 Å². The summed E-state index contributed by atoms with van der Waals surface area (Å²) in [5, 5.41) is 0. The Labute approximate surface area is 126 Å². The summed E-state index contributed by atoms with van der Waals surface area (Å²) < 4.78 is 32.7. The van der Waals surface area contributed by atoms with E-state index in [-0.39, 0.29) is 4.21 Å². The molecule has 6 nitrogen and oxygen atoms in total. The van der Waals surface area contributed by atoms with Crippen molar-refractivity contribution in [2.75, 3.05) is 39.4 Å². The van der Waals surface area contributed by atoms with Crippen LogP contribution in [0.4, 0.5) is 0 Å². The Hall–Kier alpha value is -0.830. The molecule has 0 unspecified atom stereocenters. The molecule has 1 aromatic rings. The van der Waals surface area contributed by atoms with E-state index >= 15 is 0 Å². The minimum absolute atomic E-state index is 0.255. The average molecular weight is 336 g/mol. The van der Waals surface area contributed by atoms with Crippen LogP contribution in [0, 0.1) is 0 Å². The zero-order valence-corrected chi connectivity index (χ0v) is 13.0. The van der Waals surface area contributed by atoms with E-state index in [1.165, 1.54) is 10.4 Å². The molecule has 0 amide bonds. The number of nitrogens with zero attached hydrogens (tertiary/aromatic N) is 3. The number of guanidine groups is 1. The van der Waals surface area contributed by atoms with Crippen LogP contribution in [0.1, 0.15) is 0 Å².